The van der Waals surface area contributed by atoms with Gasteiger partial charge in [0.05, 0.1) is 5.69 Å². The molecule has 0 saturated heterocycles. The van der Waals surface area contributed by atoms with E-state index in [1.807, 2.05) is 40.7 Å². The molecule has 0 aliphatic heterocycles. The minimum Gasteiger partial charge on any atom is -0.456 e. The topological polar surface area (TPSA) is 85.6 Å². The number of hydrogen-bond donors (Lipinski definition) is 1. The van der Waals surface area contributed by atoms with E-state index in [2.05, 4.69) is 15.4 Å². The maximum atomic E-state index is 11.9. The van der Waals surface area contributed by atoms with Crippen LogP contribution in [0.5, 0.6) is 0 Å². The first-order valence-corrected chi connectivity index (χ1v) is 8.52. The van der Waals surface area contributed by atoms with E-state index in [0.29, 0.717) is 18.9 Å². The Bertz CT molecular complexity index is 780. The molecule has 0 radical (unpaired) electrons. The maximum Gasteiger partial charge on any atom is 0.306 e. The van der Waals surface area contributed by atoms with Gasteiger partial charge in [0.25, 0.3) is 5.91 Å². The Kier molecular flexibility index (Phi) is 6.12. The number of aryl methyl sites for hydroxylation is 3. The number of hydrogen-bond acceptors (Lipinski definition) is 5. The Morgan fingerprint density at radius 1 is 1.28 bits per heavy atom. The molecule has 0 saturated carbocycles. The summed E-state index contributed by atoms with van der Waals surface area (Å²) >= 11 is 0. The molecule has 136 valence electrons. The highest BCUT2D eigenvalue weighted by molar-refractivity contribution is 5.80. The second kappa shape index (κ2) is 8.09. The summed E-state index contributed by atoms with van der Waals surface area (Å²) in [4.78, 5) is 28.0. The number of fused-ring (bicyclic) bond motifs is 1. The van der Waals surface area contributed by atoms with Crippen molar-refractivity contribution >= 4 is 17.5 Å². The third-order valence-corrected chi connectivity index (χ3v) is 3.94. The van der Waals surface area contributed by atoms with Crippen LogP contribution in [0, 0.1) is 26.7 Å². The number of carbonyl (C=O) groups is 2. The predicted molar refractivity (Wildman–Crippen MR) is 94.3 cm³/mol. The van der Waals surface area contributed by atoms with Gasteiger partial charge in [0.15, 0.2) is 12.3 Å². The first kappa shape index (κ1) is 18.9. The van der Waals surface area contributed by atoms with Crippen LogP contribution in [0.1, 0.15) is 42.9 Å². The molecule has 0 atom stereocenters. The van der Waals surface area contributed by atoms with Crippen molar-refractivity contribution in [2.45, 2.75) is 47.5 Å². The van der Waals surface area contributed by atoms with Gasteiger partial charge in [-0.25, -0.2) is 9.50 Å². The number of rotatable bonds is 7. The summed E-state index contributed by atoms with van der Waals surface area (Å²) in [6, 6.07) is 1.92. The number of nitrogens with zero attached hydrogens (tertiary/aromatic N) is 3. The maximum absolute atomic E-state index is 11.9. The minimum atomic E-state index is -0.393. The van der Waals surface area contributed by atoms with E-state index in [-0.39, 0.29) is 18.9 Å². The molecule has 7 heteroatoms. The SMILES string of the molecule is Cc1cc2nc(C)c(CCC(=O)OCC(=O)NCC(C)C)c(C)n2n1. The van der Waals surface area contributed by atoms with Crippen LogP contribution in [0.4, 0.5) is 0 Å². The van der Waals surface area contributed by atoms with Gasteiger partial charge in [0.1, 0.15) is 0 Å². The van der Waals surface area contributed by atoms with Gasteiger partial charge < -0.3 is 10.1 Å². The molecule has 0 unspecified atom stereocenters. The third-order valence-electron chi connectivity index (χ3n) is 3.94. The molecule has 0 aromatic carbocycles. The lowest BCUT2D eigenvalue weighted by molar-refractivity contribution is -0.148. The lowest BCUT2D eigenvalue weighted by Gasteiger charge is -2.11. The Morgan fingerprint density at radius 2 is 2.00 bits per heavy atom. The van der Waals surface area contributed by atoms with Crippen molar-refractivity contribution < 1.29 is 14.3 Å². The lowest BCUT2D eigenvalue weighted by Crippen LogP contribution is -2.31. The molecule has 2 aromatic rings. The fraction of sp³-hybridized carbons (Fsp3) is 0.556. The van der Waals surface area contributed by atoms with Gasteiger partial charge in [-0.3, -0.25) is 9.59 Å². The summed E-state index contributed by atoms with van der Waals surface area (Å²) in [7, 11) is 0. The van der Waals surface area contributed by atoms with E-state index in [4.69, 9.17) is 4.74 Å². The molecule has 0 aliphatic carbocycles. The van der Waals surface area contributed by atoms with Crippen LogP contribution in [-0.4, -0.2) is 39.6 Å². The number of nitrogens with one attached hydrogen (secondary N) is 1. The highest BCUT2D eigenvalue weighted by Crippen LogP contribution is 2.17. The molecular formula is C18H26N4O3. The van der Waals surface area contributed by atoms with Crippen LogP contribution >= 0.6 is 0 Å². The zero-order valence-corrected chi connectivity index (χ0v) is 15.5. The van der Waals surface area contributed by atoms with Crippen molar-refractivity contribution in [3.63, 3.8) is 0 Å². The third kappa shape index (κ3) is 5.01. The molecule has 2 heterocycles. The van der Waals surface area contributed by atoms with Gasteiger partial charge in [0.2, 0.25) is 0 Å². The summed E-state index contributed by atoms with van der Waals surface area (Å²) < 4.78 is 6.83. The van der Waals surface area contributed by atoms with E-state index in [0.717, 1.165) is 28.3 Å². The molecule has 1 amide bonds. The molecule has 2 rings (SSSR count). The van der Waals surface area contributed by atoms with Crippen molar-refractivity contribution in [1.82, 2.24) is 19.9 Å². The van der Waals surface area contributed by atoms with Gasteiger partial charge in [0, 0.05) is 30.4 Å². The summed E-state index contributed by atoms with van der Waals surface area (Å²) in [5.41, 5.74) is 4.54. The lowest BCUT2D eigenvalue weighted by atomic mass is 10.1. The first-order chi connectivity index (χ1) is 11.8. The van der Waals surface area contributed by atoms with E-state index < -0.39 is 5.97 Å². The molecule has 1 N–H and O–H groups in total. The second-order valence-electron chi connectivity index (χ2n) is 6.68. The molecular weight excluding hydrogens is 320 g/mol. The number of ether oxygens (including phenoxy) is 1. The fourth-order valence-electron chi connectivity index (χ4n) is 2.62. The van der Waals surface area contributed by atoms with Crippen LogP contribution in [0.25, 0.3) is 5.65 Å². The van der Waals surface area contributed by atoms with E-state index in [1.165, 1.54) is 0 Å². The predicted octanol–water partition coefficient (Wildman–Crippen LogP) is 1.90. The summed E-state index contributed by atoms with van der Waals surface area (Å²) in [6.07, 6.45) is 0.707. The molecule has 25 heavy (non-hydrogen) atoms. The van der Waals surface area contributed by atoms with E-state index in [9.17, 15) is 9.59 Å². The summed E-state index contributed by atoms with van der Waals surface area (Å²) in [6.45, 7) is 10.2. The highest BCUT2D eigenvalue weighted by atomic mass is 16.5. The highest BCUT2D eigenvalue weighted by Gasteiger charge is 2.14. The zero-order valence-electron chi connectivity index (χ0n) is 15.5. The van der Waals surface area contributed by atoms with Gasteiger partial charge >= 0.3 is 5.97 Å². The number of aromatic nitrogens is 3. The Labute approximate surface area is 147 Å². The quantitative estimate of drug-likeness (QED) is 0.774. The van der Waals surface area contributed by atoms with Gasteiger partial charge in [-0.05, 0) is 38.7 Å². The standard InChI is InChI=1S/C18H26N4O3/c1-11(2)9-19-17(23)10-25-18(24)7-6-15-13(4)20-16-8-12(3)21-22(16)14(15)5/h8,11H,6-7,9-10H2,1-5H3,(H,19,23). The molecule has 0 fully saturated rings. The van der Waals surface area contributed by atoms with Crippen molar-refractivity contribution in [1.29, 1.82) is 0 Å². The van der Waals surface area contributed by atoms with Crippen molar-refractivity contribution in [2.24, 2.45) is 5.92 Å². The minimum absolute atomic E-state index is 0.201. The second-order valence-corrected chi connectivity index (χ2v) is 6.68. The van der Waals surface area contributed by atoms with Crippen LogP contribution in [0.2, 0.25) is 0 Å². The van der Waals surface area contributed by atoms with Crippen LogP contribution in [-0.2, 0) is 20.7 Å². The molecule has 2 aromatic heterocycles. The van der Waals surface area contributed by atoms with Crippen molar-refractivity contribution in [3.05, 3.63) is 28.7 Å². The van der Waals surface area contributed by atoms with Gasteiger partial charge in [-0.15, -0.1) is 0 Å². The van der Waals surface area contributed by atoms with E-state index in [1.54, 1.807) is 4.52 Å². The van der Waals surface area contributed by atoms with Crippen molar-refractivity contribution in [2.75, 3.05) is 13.2 Å². The smallest absolute Gasteiger partial charge is 0.306 e. The average molecular weight is 346 g/mol. The molecule has 0 spiro atoms. The monoisotopic (exact) mass is 346 g/mol. The molecule has 0 bridgehead atoms. The number of amides is 1. The van der Waals surface area contributed by atoms with Crippen LogP contribution in [0.15, 0.2) is 6.07 Å². The Hall–Kier alpha value is -2.44. The average Bonchev–Trinajstić information content (AvgIpc) is 2.91. The van der Waals surface area contributed by atoms with Crippen molar-refractivity contribution in [3.8, 4) is 0 Å². The number of carbonyl (C=O) groups excluding carboxylic acids is 2. The molecule has 7 nitrogen and oxygen atoms in total. The number of esters is 1. The zero-order chi connectivity index (χ0) is 18.6. The molecule has 0 aliphatic rings. The van der Waals surface area contributed by atoms with Gasteiger partial charge in [-0.1, -0.05) is 13.8 Å². The first-order valence-electron chi connectivity index (χ1n) is 8.52. The van der Waals surface area contributed by atoms with Crippen LogP contribution < -0.4 is 5.32 Å². The van der Waals surface area contributed by atoms with E-state index >= 15 is 0 Å². The van der Waals surface area contributed by atoms with Crippen LogP contribution in [0.3, 0.4) is 0 Å². The Morgan fingerprint density at radius 3 is 2.68 bits per heavy atom. The summed E-state index contributed by atoms with van der Waals surface area (Å²) in [5.74, 6) is -0.307. The van der Waals surface area contributed by atoms with Gasteiger partial charge in [-0.2, -0.15) is 5.10 Å². The fourth-order valence-corrected chi connectivity index (χ4v) is 2.62. The normalized spacial score (nSPS) is 11.1. The largest absolute Gasteiger partial charge is 0.456 e. The Balaban J connectivity index is 1.91. The summed E-state index contributed by atoms with van der Waals surface area (Å²) in [5, 5.41) is 7.13.